The van der Waals surface area contributed by atoms with Crippen molar-refractivity contribution >= 4 is 0 Å². The van der Waals surface area contributed by atoms with Crippen molar-refractivity contribution < 1.29 is 9.84 Å². The lowest BCUT2D eigenvalue weighted by Gasteiger charge is -2.15. The fraction of sp³-hybridized carbons (Fsp3) is 0.400. The average Bonchev–Trinajstić information content (AvgIpc) is 3.02. The van der Waals surface area contributed by atoms with Crippen LogP contribution in [0.4, 0.5) is 0 Å². The second-order valence-electron chi connectivity index (χ2n) is 6.15. The quantitative estimate of drug-likeness (QED) is 0.855. The molecule has 2 atom stereocenters. The van der Waals surface area contributed by atoms with Gasteiger partial charge in [-0.05, 0) is 48.3 Å². The molecule has 3 rings (SSSR count). The number of rotatable bonds is 6. The van der Waals surface area contributed by atoms with Crippen LogP contribution in [-0.4, -0.2) is 17.8 Å². The van der Waals surface area contributed by atoms with Crippen LogP contribution < -0.4 is 0 Å². The summed E-state index contributed by atoms with van der Waals surface area (Å²) in [5.74, 6) is 0.638. The van der Waals surface area contributed by atoms with E-state index in [9.17, 15) is 0 Å². The minimum absolute atomic E-state index is 0.300. The van der Waals surface area contributed by atoms with Crippen molar-refractivity contribution in [3.8, 4) is 11.1 Å². The molecule has 22 heavy (non-hydrogen) atoms. The maximum atomic E-state index is 9.04. The smallest absolute Gasteiger partial charge is 0.0726 e. The van der Waals surface area contributed by atoms with E-state index in [4.69, 9.17) is 9.84 Å². The molecule has 2 aromatic rings. The molecule has 0 unspecified atom stereocenters. The molecule has 0 radical (unpaired) electrons. The van der Waals surface area contributed by atoms with Gasteiger partial charge in [-0.1, -0.05) is 54.6 Å². The van der Waals surface area contributed by atoms with Crippen LogP contribution >= 0.6 is 0 Å². The molecule has 1 saturated carbocycles. The Hall–Kier alpha value is -1.64. The molecule has 1 fully saturated rings. The normalized spacial score (nSPS) is 21.1. The molecule has 0 bridgehead atoms. The van der Waals surface area contributed by atoms with Crippen molar-refractivity contribution in [1.82, 2.24) is 0 Å². The molecule has 0 heterocycles. The second kappa shape index (κ2) is 7.57. The Kier molecular flexibility index (Phi) is 5.25. The molecule has 116 valence electrons. The van der Waals surface area contributed by atoms with Crippen LogP contribution in [0.1, 0.15) is 31.2 Å². The van der Waals surface area contributed by atoms with Crippen LogP contribution in [-0.2, 0) is 11.3 Å². The zero-order valence-electron chi connectivity index (χ0n) is 12.9. The maximum Gasteiger partial charge on any atom is 0.0726 e. The highest BCUT2D eigenvalue weighted by Crippen LogP contribution is 2.31. The molecule has 0 aromatic heterocycles. The Morgan fingerprint density at radius 2 is 1.73 bits per heavy atom. The first-order valence-corrected chi connectivity index (χ1v) is 8.22. The van der Waals surface area contributed by atoms with E-state index >= 15 is 0 Å². The summed E-state index contributed by atoms with van der Waals surface area (Å²) in [6.45, 7) is 0.968. The number of hydrogen-bond acceptors (Lipinski definition) is 2. The number of aliphatic hydroxyl groups excluding tert-OH is 1. The summed E-state index contributed by atoms with van der Waals surface area (Å²) in [4.78, 5) is 0. The van der Waals surface area contributed by atoms with Crippen LogP contribution in [0.15, 0.2) is 54.6 Å². The van der Waals surface area contributed by atoms with E-state index in [0.717, 1.165) is 19.3 Å². The molecule has 1 aliphatic rings. The Balaban J connectivity index is 1.64. The standard InChI is InChI=1S/C20H24O2/c21-13-12-16-10-11-19(14-16)22-15-18-8-4-5-9-20(18)17-6-2-1-3-7-17/h1-9,16,19,21H,10-15H2/t16-,19+/m1/s1. The van der Waals surface area contributed by atoms with E-state index in [0.29, 0.717) is 25.2 Å². The topological polar surface area (TPSA) is 29.5 Å². The van der Waals surface area contributed by atoms with Gasteiger partial charge in [0.1, 0.15) is 0 Å². The van der Waals surface area contributed by atoms with Gasteiger partial charge in [-0.3, -0.25) is 0 Å². The highest BCUT2D eigenvalue weighted by Gasteiger charge is 2.24. The van der Waals surface area contributed by atoms with Crippen molar-refractivity contribution in [2.75, 3.05) is 6.61 Å². The first-order valence-electron chi connectivity index (χ1n) is 8.22. The van der Waals surface area contributed by atoms with Crippen molar-refractivity contribution in [2.45, 2.75) is 38.4 Å². The summed E-state index contributed by atoms with van der Waals surface area (Å²) in [6, 6.07) is 19.0. The maximum absolute atomic E-state index is 9.04. The van der Waals surface area contributed by atoms with Gasteiger partial charge in [-0.25, -0.2) is 0 Å². The van der Waals surface area contributed by atoms with Gasteiger partial charge >= 0.3 is 0 Å². The summed E-state index contributed by atoms with van der Waals surface area (Å²) in [5, 5.41) is 9.04. The number of benzene rings is 2. The molecular weight excluding hydrogens is 272 g/mol. The highest BCUT2D eigenvalue weighted by molar-refractivity contribution is 5.67. The summed E-state index contributed by atoms with van der Waals surface area (Å²) in [6.07, 6.45) is 4.67. The van der Waals surface area contributed by atoms with Crippen LogP contribution in [0.5, 0.6) is 0 Å². The fourth-order valence-corrected chi connectivity index (χ4v) is 3.38. The van der Waals surface area contributed by atoms with E-state index in [2.05, 4.69) is 48.5 Å². The monoisotopic (exact) mass is 296 g/mol. The number of ether oxygens (including phenoxy) is 1. The zero-order valence-corrected chi connectivity index (χ0v) is 12.9. The Morgan fingerprint density at radius 1 is 0.955 bits per heavy atom. The molecule has 1 aliphatic carbocycles. The predicted octanol–water partition coefficient (Wildman–Crippen LogP) is 4.42. The van der Waals surface area contributed by atoms with Gasteiger partial charge in [0.25, 0.3) is 0 Å². The van der Waals surface area contributed by atoms with Gasteiger partial charge in [-0.2, -0.15) is 0 Å². The van der Waals surface area contributed by atoms with Gasteiger partial charge in [0.2, 0.25) is 0 Å². The van der Waals surface area contributed by atoms with E-state index in [-0.39, 0.29) is 0 Å². The summed E-state index contributed by atoms with van der Waals surface area (Å²) >= 11 is 0. The van der Waals surface area contributed by atoms with Crippen molar-refractivity contribution in [3.05, 3.63) is 60.2 Å². The zero-order chi connectivity index (χ0) is 15.2. The molecule has 2 heteroatoms. The van der Waals surface area contributed by atoms with Crippen molar-refractivity contribution in [1.29, 1.82) is 0 Å². The lowest BCUT2D eigenvalue weighted by molar-refractivity contribution is 0.0424. The van der Waals surface area contributed by atoms with Gasteiger partial charge in [0.15, 0.2) is 0 Å². The largest absolute Gasteiger partial charge is 0.396 e. The summed E-state index contributed by atoms with van der Waals surface area (Å²) in [5.41, 5.74) is 3.75. The molecule has 2 nitrogen and oxygen atoms in total. The minimum atomic E-state index is 0.300. The first-order chi connectivity index (χ1) is 10.9. The third kappa shape index (κ3) is 3.76. The SMILES string of the molecule is OCC[C@H]1CC[C@H](OCc2ccccc2-c2ccccc2)C1. The van der Waals surface area contributed by atoms with Crippen molar-refractivity contribution in [2.24, 2.45) is 5.92 Å². The van der Waals surface area contributed by atoms with Gasteiger partial charge in [0, 0.05) is 6.61 Å². The van der Waals surface area contributed by atoms with E-state index in [1.807, 2.05) is 6.07 Å². The van der Waals surface area contributed by atoms with Crippen LogP contribution in [0.3, 0.4) is 0 Å². The second-order valence-corrected chi connectivity index (χ2v) is 6.15. The van der Waals surface area contributed by atoms with Crippen LogP contribution in [0, 0.1) is 5.92 Å². The number of hydrogen-bond donors (Lipinski definition) is 1. The molecule has 0 saturated heterocycles. The molecular formula is C20H24O2. The van der Waals surface area contributed by atoms with Gasteiger partial charge in [0.05, 0.1) is 12.7 Å². The van der Waals surface area contributed by atoms with E-state index in [1.54, 1.807) is 0 Å². The number of aliphatic hydroxyl groups is 1. The summed E-state index contributed by atoms with van der Waals surface area (Å²) < 4.78 is 6.15. The van der Waals surface area contributed by atoms with Crippen LogP contribution in [0.25, 0.3) is 11.1 Å². The summed E-state index contributed by atoms with van der Waals surface area (Å²) in [7, 11) is 0. The van der Waals surface area contributed by atoms with Gasteiger partial charge in [-0.15, -0.1) is 0 Å². The first kappa shape index (κ1) is 15.3. The Bertz CT molecular complexity index is 579. The van der Waals surface area contributed by atoms with Crippen LogP contribution in [0.2, 0.25) is 0 Å². The van der Waals surface area contributed by atoms with Crippen molar-refractivity contribution in [3.63, 3.8) is 0 Å². The van der Waals surface area contributed by atoms with E-state index < -0.39 is 0 Å². The van der Waals surface area contributed by atoms with Gasteiger partial charge < -0.3 is 9.84 Å². The Morgan fingerprint density at radius 3 is 2.55 bits per heavy atom. The van der Waals surface area contributed by atoms with E-state index in [1.165, 1.54) is 23.1 Å². The molecule has 2 aromatic carbocycles. The minimum Gasteiger partial charge on any atom is -0.396 e. The highest BCUT2D eigenvalue weighted by atomic mass is 16.5. The molecule has 0 amide bonds. The average molecular weight is 296 g/mol. The third-order valence-electron chi connectivity index (χ3n) is 4.61. The molecule has 1 N–H and O–H groups in total. The predicted molar refractivity (Wildman–Crippen MR) is 89.5 cm³/mol. The lowest BCUT2D eigenvalue weighted by atomic mass is 10.0. The lowest BCUT2D eigenvalue weighted by Crippen LogP contribution is -2.09. The molecule has 0 aliphatic heterocycles. The fourth-order valence-electron chi connectivity index (χ4n) is 3.38. The third-order valence-corrected chi connectivity index (χ3v) is 4.61. The molecule has 0 spiro atoms. The Labute approximate surface area is 132 Å².